The molecule has 8 aromatic carbocycles. The van der Waals surface area contributed by atoms with Gasteiger partial charge in [-0.05, 0) is 78.2 Å². The van der Waals surface area contributed by atoms with Crippen molar-refractivity contribution in [2.24, 2.45) is 0 Å². The lowest BCUT2D eigenvalue weighted by molar-refractivity contribution is 0.670. The molecule has 3 nitrogen and oxygen atoms in total. The second kappa shape index (κ2) is 13.2. The highest BCUT2D eigenvalue weighted by Crippen LogP contribution is 2.45. The van der Waals surface area contributed by atoms with E-state index in [0.29, 0.717) is 0 Å². The molecule has 0 radical (unpaired) electrons. The monoisotopic (exact) mass is 760 g/mol. The summed E-state index contributed by atoms with van der Waals surface area (Å²) in [6.45, 7) is 0. The minimum absolute atomic E-state index is 0.195. The van der Waals surface area contributed by atoms with Crippen LogP contribution in [-0.4, -0.2) is 4.57 Å². The number of nitrogens with zero attached hydrogens (tertiary/aromatic N) is 2. The molecule has 0 spiro atoms. The predicted molar refractivity (Wildman–Crippen MR) is 246 cm³/mol. The summed E-state index contributed by atoms with van der Waals surface area (Å²) in [5.41, 5.74) is 12.5. The molecule has 0 aliphatic heterocycles. The summed E-state index contributed by atoms with van der Waals surface area (Å²) in [6, 6.07) is 65.9. The summed E-state index contributed by atoms with van der Waals surface area (Å²) in [6.07, 6.45) is 8.07. The van der Waals surface area contributed by atoms with Gasteiger partial charge >= 0.3 is 0 Å². The van der Waals surface area contributed by atoms with E-state index in [-0.39, 0.29) is 5.92 Å². The van der Waals surface area contributed by atoms with Gasteiger partial charge in [0.15, 0.2) is 0 Å². The van der Waals surface area contributed by atoms with Gasteiger partial charge in [-0.3, -0.25) is 0 Å². The van der Waals surface area contributed by atoms with Gasteiger partial charge in [0.1, 0.15) is 11.2 Å². The number of hydrogen-bond donors (Lipinski definition) is 0. The normalized spacial score (nSPS) is 14.3. The lowest BCUT2D eigenvalue weighted by Gasteiger charge is -2.30. The number of para-hydroxylation sites is 4. The first-order valence-electron chi connectivity index (χ1n) is 19.9. The van der Waals surface area contributed by atoms with Crippen LogP contribution in [0, 0.1) is 0 Å². The van der Waals surface area contributed by atoms with Gasteiger partial charge < -0.3 is 13.9 Å². The van der Waals surface area contributed by atoms with Crippen molar-refractivity contribution < 1.29 is 4.42 Å². The maximum atomic E-state index is 6.46. The van der Waals surface area contributed by atoms with Crippen LogP contribution >= 0.6 is 11.3 Å². The van der Waals surface area contributed by atoms with Crippen LogP contribution in [-0.2, 0) is 0 Å². The quantitative estimate of drug-likeness (QED) is 0.168. The molecule has 1 unspecified atom stereocenters. The molecule has 0 fully saturated rings. The van der Waals surface area contributed by atoms with E-state index in [1.807, 2.05) is 17.4 Å². The molecule has 12 rings (SSSR count). The number of benzene rings is 8. The van der Waals surface area contributed by atoms with Crippen molar-refractivity contribution in [3.05, 3.63) is 211 Å². The molecule has 0 bridgehead atoms. The molecule has 11 aromatic rings. The molecule has 4 heteroatoms. The number of anilines is 2. The molecular weight excluding hydrogens is 725 g/mol. The van der Waals surface area contributed by atoms with Gasteiger partial charge in [-0.15, -0.1) is 11.3 Å². The lowest BCUT2D eigenvalue weighted by Crippen LogP contribution is -2.18. The molecule has 1 atom stereocenters. The highest BCUT2D eigenvalue weighted by molar-refractivity contribution is 7.26. The van der Waals surface area contributed by atoms with Crippen LogP contribution in [0.25, 0.3) is 80.7 Å². The third kappa shape index (κ3) is 5.19. The molecule has 1 aliphatic carbocycles. The van der Waals surface area contributed by atoms with E-state index in [9.17, 15) is 0 Å². The SMILES string of the molecule is C1=CC(N(c2ccc(-c3cccc4c3oc3ccccc34)cc2)c2cccc3c2sc2ccccc23)=CC(c2ccc3c4ccccc4n(-c4ccccc4)c3c2)C1. The Morgan fingerprint density at radius 3 is 2.19 bits per heavy atom. The van der Waals surface area contributed by atoms with E-state index in [4.69, 9.17) is 4.42 Å². The number of hydrogen-bond acceptors (Lipinski definition) is 3. The van der Waals surface area contributed by atoms with Crippen molar-refractivity contribution in [1.82, 2.24) is 4.57 Å². The Hall–Kier alpha value is -7.14. The standard InChI is InChI=1S/C54H36N2OS/c1-2-14-38(15-3-1)56-48-23-7-4-17-42(48)43-32-29-37(34-50(43)56)36-13-10-16-40(33-36)55(49-24-12-22-47-45-19-6-9-26-52(45)58-54(47)49)39-30-27-35(28-31-39)41-20-11-21-46-44-18-5-8-25-51(44)57-53(41)46/h1-12,14-34,36H,13H2. The summed E-state index contributed by atoms with van der Waals surface area (Å²) in [7, 11) is 0. The Bertz CT molecular complexity index is 3440. The van der Waals surface area contributed by atoms with E-state index in [1.165, 1.54) is 58.9 Å². The Balaban J connectivity index is 1.01. The molecule has 1 aliphatic rings. The summed E-state index contributed by atoms with van der Waals surface area (Å²) >= 11 is 1.87. The largest absolute Gasteiger partial charge is 0.455 e. The fraction of sp³-hybridized carbons (Fsp3) is 0.0370. The zero-order valence-corrected chi connectivity index (χ0v) is 32.4. The zero-order valence-electron chi connectivity index (χ0n) is 31.5. The molecule has 0 N–H and O–H groups in total. The van der Waals surface area contributed by atoms with E-state index in [0.717, 1.165) is 50.9 Å². The molecule has 0 amide bonds. The van der Waals surface area contributed by atoms with Crippen LogP contribution in [0.5, 0.6) is 0 Å². The number of thiophene rings is 1. The fourth-order valence-electron chi connectivity index (χ4n) is 9.22. The average molecular weight is 761 g/mol. The van der Waals surface area contributed by atoms with Crippen molar-refractivity contribution >= 4 is 86.6 Å². The van der Waals surface area contributed by atoms with Crippen molar-refractivity contribution in [1.29, 1.82) is 0 Å². The Kier molecular flexibility index (Phi) is 7.54. The van der Waals surface area contributed by atoms with E-state index >= 15 is 0 Å². The smallest absolute Gasteiger partial charge is 0.143 e. The van der Waals surface area contributed by atoms with Gasteiger partial charge in [-0.1, -0.05) is 140 Å². The third-order valence-corrected chi connectivity index (χ3v) is 13.1. The number of furan rings is 1. The first-order valence-corrected chi connectivity index (χ1v) is 20.8. The highest BCUT2D eigenvalue weighted by atomic mass is 32.1. The predicted octanol–water partition coefficient (Wildman–Crippen LogP) is 15.5. The highest BCUT2D eigenvalue weighted by Gasteiger charge is 2.23. The Morgan fingerprint density at radius 1 is 0.569 bits per heavy atom. The van der Waals surface area contributed by atoms with Crippen LogP contribution < -0.4 is 4.90 Å². The van der Waals surface area contributed by atoms with Crippen molar-refractivity contribution in [2.45, 2.75) is 12.3 Å². The van der Waals surface area contributed by atoms with Gasteiger partial charge in [0.2, 0.25) is 0 Å². The first-order chi connectivity index (χ1) is 28.8. The van der Waals surface area contributed by atoms with Gasteiger partial charge in [0.05, 0.1) is 21.4 Å². The van der Waals surface area contributed by atoms with Crippen LogP contribution in [0.1, 0.15) is 17.9 Å². The molecule has 3 aromatic heterocycles. The maximum absolute atomic E-state index is 6.46. The summed E-state index contributed by atoms with van der Waals surface area (Å²) in [5.74, 6) is 0.195. The van der Waals surface area contributed by atoms with Crippen molar-refractivity contribution in [3.63, 3.8) is 0 Å². The topological polar surface area (TPSA) is 21.3 Å². The van der Waals surface area contributed by atoms with Crippen molar-refractivity contribution in [3.8, 4) is 16.8 Å². The summed E-state index contributed by atoms with van der Waals surface area (Å²) in [4.78, 5) is 2.46. The van der Waals surface area contributed by atoms with Crippen molar-refractivity contribution in [2.75, 3.05) is 4.90 Å². The molecule has 58 heavy (non-hydrogen) atoms. The zero-order chi connectivity index (χ0) is 38.2. The average Bonchev–Trinajstić information content (AvgIpc) is 3.97. The van der Waals surface area contributed by atoms with Gasteiger partial charge in [-0.2, -0.15) is 0 Å². The minimum atomic E-state index is 0.195. The molecular formula is C54H36N2OS. The number of allylic oxidation sites excluding steroid dienone is 3. The van der Waals surface area contributed by atoms with Gasteiger partial charge in [0, 0.05) is 65.6 Å². The number of aromatic nitrogens is 1. The second-order valence-corrected chi connectivity index (χ2v) is 16.3. The lowest BCUT2D eigenvalue weighted by atomic mass is 9.90. The van der Waals surface area contributed by atoms with Gasteiger partial charge in [-0.25, -0.2) is 0 Å². The van der Waals surface area contributed by atoms with Crippen LogP contribution in [0.3, 0.4) is 0 Å². The molecule has 274 valence electrons. The van der Waals surface area contributed by atoms with Crippen LogP contribution in [0.15, 0.2) is 210 Å². The fourth-order valence-corrected chi connectivity index (χ4v) is 10.4. The van der Waals surface area contributed by atoms with Crippen LogP contribution in [0.4, 0.5) is 11.4 Å². The summed E-state index contributed by atoms with van der Waals surface area (Å²) in [5, 5.41) is 7.41. The first kappa shape index (κ1) is 33.0. The minimum Gasteiger partial charge on any atom is -0.455 e. The Morgan fingerprint density at radius 2 is 1.29 bits per heavy atom. The maximum Gasteiger partial charge on any atom is 0.143 e. The molecule has 3 heterocycles. The third-order valence-electron chi connectivity index (χ3n) is 11.9. The van der Waals surface area contributed by atoms with E-state index < -0.39 is 0 Å². The van der Waals surface area contributed by atoms with E-state index in [1.54, 1.807) is 0 Å². The van der Waals surface area contributed by atoms with E-state index in [2.05, 4.69) is 204 Å². The van der Waals surface area contributed by atoms with Crippen LogP contribution in [0.2, 0.25) is 0 Å². The number of rotatable bonds is 6. The Labute approximate surface area is 339 Å². The van der Waals surface area contributed by atoms with Gasteiger partial charge in [0.25, 0.3) is 0 Å². The molecule has 0 saturated heterocycles. The second-order valence-electron chi connectivity index (χ2n) is 15.2. The number of fused-ring (bicyclic) bond motifs is 9. The summed E-state index contributed by atoms with van der Waals surface area (Å²) < 4.78 is 11.5. The molecule has 0 saturated carbocycles.